The Labute approximate surface area is 167 Å². The van der Waals surface area contributed by atoms with Crippen LogP contribution in [-0.2, 0) is 6.42 Å². The van der Waals surface area contributed by atoms with Crippen molar-refractivity contribution in [3.63, 3.8) is 0 Å². The smallest absolute Gasteiger partial charge is 0.257 e. The van der Waals surface area contributed by atoms with Crippen molar-refractivity contribution >= 4 is 39.7 Å². The number of hydrogen-bond donors (Lipinski definition) is 2. The molecule has 0 aliphatic rings. The van der Waals surface area contributed by atoms with Gasteiger partial charge in [0.1, 0.15) is 5.75 Å². The third kappa shape index (κ3) is 4.90. The highest BCUT2D eigenvalue weighted by atomic mass is 32.1. The molecule has 0 aliphatic carbocycles. The van der Waals surface area contributed by atoms with Gasteiger partial charge < -0.3 is 10.1 Å². The van der Waals surface area contributed by atoms with Gasteiger partial charge in [-0.25, -0.2) is 4.98 Å². The topological polar surface area (TPSA) is 63.2 Å². The third-order valence-electron chi connectivity index (χ3n) is 3.96. The van der Waals surface area contributed by atoms with Crippen molar-refractivity contribution in [1.29, 1.82) is 0 Å². The van der Waals surface area contributed by atoms with Gasteiger partial charge in [0, 0.05) is 16.5 Å². The molecule has 27 heavy (non-hydrogen) atoms. The van der Waals surface area contributed by atoms with Crippen LogP contribution in [0.3, 0.4) is 0 Å². The molecule has 1 aromatic heterocycles. The maximum atomic E-state index is 12.3. The molecule has 0 fully saturated rings. The molecule has 1 amide bonds. The first-order chi connectivity index (χ1) is 13.1. The average molecular weight is 398 g/mol. The normalized spacial score (nSPS) is 10.3. The Bertz CT molecular complexity index is 935. The molecule has 0 aliphatic heterocycles. The minimum atomic E-state index is -0.248. The summed E-state index contributed by atoms with van der Waals surface area (Å²) in [5.41, 5.74) is 3.55. The first kappa shape index (κ1) is 19.0. The van der Waals surface area contributed by atoms with Crippen LogP contribution in [0.25, 0.3) is 11.3 Å². The maximum absolute atomic E-state index is 12.3. The van der Waals surface area contributed by atoms with E-state index in [4.69, 9.17) is 17.0 Å². The van der Waals surface area contributed by atoms with Gasteiger partial charge in [0.2, 0.25) is 0 Å². The zero-order valence-corrected chi connectivity index (χ0v) is 16.6. The number of nitrogens with zero attached hydrogens (tertiary/aromatic N) is 1. The Morgan fingerprint density at radius 2 is 1.85 bits per heavy atom. The first-order valence-electron chi connectivity index (χ1n) is 8.40. The zero-order valence-electron chi connectivity index (χ0n) is 15.0. The summed E-state index contributed by atoms with van der Waals surface area (Å²) in [6.07, 6.45) is 0.933. The van der Waals surface area contributed by atoms with Crippen molar-refractivity contribution in [2.75, 3.05) is 12.4 Å². The molecule has 0 saturated carbocycles. The van der Waals surface area contributed by atoms with Crippen LogP contribution in [0.5, 0.6) is 5.75 Å². The number of aryl methyl sites for hydroxylation is 1. The van der Waals surface area contributed by atoms with E-state index in [0.29, 0.717) is 10.7 Å². The van der Waals surface area contributed by atoms with Gasteiger partial charge in [0.15, 0.2) is 10.2 Å². The molecular weight excluding hydrogens is 378 g/mol. The quantitative estimate of drug-likeness (QED) is 0.620. The van der Waals surface area contributed by atoms with Crippen LogP contribution in [0.2, 0.25) is 0 Å². The Hall–Kier alpha value is -2.77. The van der Waals surface area contributed by atoms with Crippen LogP contribution < -0.4 is 15.4 Å². The number of hydrogen-bond acceptors (Lipinski definition) is 5. The molecular formula is C20H19N3O2S2. The van der Waals surface area contributed by atoms with Crippen molar-refractivity contribution < 1.29 is 9.53 Å². The monoisotopic (exact) mass is 397 g/mol. The van der Waals surface area contributed by atoms with Gasteiger partial charge >= 0.3 is 0 Å². The van der Waals surface area contributed by atoms with E-state index in [1.54, 1.807) is 19.2 Å². The summed E-state index contributed by atoms with van der Waals surface area (Å²) in [6, 6.07) is 15.1. The maximum Gasteiger partial charge on any atom is 0.257 e. The number of aromatic nitrogens is 1. The molecule has 7 heteroatoms. The molecule has 3 aromatic rings. The highest BCUT2D eigenvalue weighted by Crippen LogP contribution is 2.26. The highest BCUT2D eigenvalue weighted by Gasteiger charge is 2.10. The predicted molar refractivity (Wildman–Crippen MR) is 114 cm³/mol. The van der Waals surface area contributed by atoms with Crippen molar-refractivity contribution in [2.24, 2.45) is 0 Å². The van der Waals surface area contributed by atoms with Crippen LogP contribution in [0, 0.1) is 0 Å². The van der Waals surface area contributed by atoms with E-state index in [9.17, 15) is 4.79 Å². The van der Waals surface area contributed by atoms with E-state index in [2.05, 4.69) is 22.5 Å². The van der Waals surface area contributed by atoms with E-state index in [-0.39, 0.29) is 11.0 Å². The second-order valence-electron chi connectivity index (χ2n) is 5.73. The van der Waals surface area contributed by atoms with Gasteiger partial charge in [-0.05, 0) is 60.6 Å². The van der Waals surface area contributed by atoms with Crippen molar-refractivity contribution in [3.8, 4) is 17.0 Å². The standard InChI is InChI=1S/C20H19N3O2S2/c1-3-13-4-6-15(7-5-13)18(24)22-19(26)23-20-21-17(12-27-20)14-8-10-16(25-2)11-9-14/h4-12H,3H2,1-2H3,(H2,21,22,23,24,26). The number of methoxy groups -OCH3 is 1. The Morgan fingerprint density at radius 3 is 2.48 bits per heavy atom. The predicted octanol–water partition coefficient (Wildman–Crippen LogP) is 4.51. The van der Waals surface area contributed by atoms with E-state index in [1.165, 1.54) is 16.9 Å². The minimum Gasteiger partial charge on any atom is -0.497 e. The van der Waals surface area contributed by atoms with E-state index in [0.717, 1.165) is 23.4 Å². The molecule has 3 rings (SSSR count). The molecule has 5 nitrogen and oxygen atoms in total. The summed E-state index contributed by atoms with van der Waals surface area (Å²) in [6.45, 7) is 2.07. The summed E-state index contributed by atoms with van der Waals surface area (Å²) in [5.74, 6) is 0.547. The number of thiocarbonyl (C=S) groups is 1. The highest BCUT2D eigenvalue weighted by molar-refractivity contribution is 7.80. The molecule has 0 saturated heterocycles. The lowest BCUT2D eigenvalue weighted by molar-refractivity contribution is 0.0977. The SMILES string of the molecule is CCc1ccc(C(=O)NC(=S)Nc2nc(-c3ccc(OC)cc3)cs2)cc1. The number of amides is 1. The number of benzene rings is 2. The summed E-state index contributed by atoms with van der Waals surface area (Å²) in [7, 11) is 1.63. The second kappa shape index (κ2) is 8.75. The number of thiazole rings is 1. The Kier molecular flexibility index (Phi) is 6.16. The number of ether oxygens (including phenoxy) is 1. The van der Waals surface area contributed by atoms with Crippen LogP contribution in [-0.4, -0.2) is 23.1 Å². The first-order valence-corrected chi connectivity index (χ1v) is 9.69. The number of carbonyl (C=O) groups is 1. The van der Waals surface area contributed by atoms with Crippen molar-refractivity contribution in [1.82, 2.24) is 10.3 Å². The van der Waals surface area contributed by atoms with Gasteiger partial charge in [-0.1, -0.05) is 19.1 Å². The van der Waals surface area contributed by atoms with E-state index in [1.807, 2.05) is 41.8 Å². The Balaban J connectivity index is 1.60. The zero-order chi connectivity index (χ0) is 19.2. The lowest BCUT2D eigenvalue weighted by Crippen LogP contribution is -2.34. The fraction of sp³-hybridized carbons (Fsp3) is 0.150. The average Bonchev–Trinajstić information content (AvgIpc) is 3.16. The fourth-order valence-corrected chi connectivity index (χ4v) is 3.40. The largest absolute Gasteiger partial charge is 0.497 e. The van der Waals surface area contributed by atoms with Gasteiger partial charge in [0.05, 0.1) is 12.8 Å². The molecule has 0 atom stereocenters. The number of nitrogens with one attached hydrogen (secondary N) is 2. The van der Waals surface area contributed by atoms with Gasteiger partial charge in [-0.15, -0.1) is 11.3 Å². The fourth-order valence-electron chi connectivity index (χ4n) is 2.42. The summed E-state index contributed by atoms with van der Waals surface area (Å²) >= 11 is 6.64. The molecule has 138 valence electrons. The number of carbonyl (C=O) groups excluding carboxylic acids is 1. The lowest BCUT2D eigenvalue weighted by atomic mass is 10.1. The summed E-state index contributed by atoms with van der Waals surface area (Å²) < 4.78 is 5.16. The van der Waals surface area contributed by atoms with Gasteiger partial charge in [-0.2, -0.15) is 0 Å². The van der Waals surface area contributed by atoms with Crippen LogP contribution in [0.15, 0.2) is 53.9 Å². The third-order valence-corrected chi connectivity index (χ3v) is 4.92. The van der Waals surface area contributed by atoms with Gasteiger partial charge in [-0.3, -0.25) is 10.1 Å². The molecule has 0 bridgehead atoms. The van der Waals surface area contributed by atoms with Crippen molar-refractivity contribution in [3.05, 3.63) is 65.0 Å². The van der Waals surface area contributed by atoms with Crippen LogP contribution >= 0.6 is 23.6 Å². The molecule has 2 N–H and O–H groups in total. The van der Waals surface area contributed by atoms with E-state index < -0.39 is 0 Å². The molecule has 2 aromatic carbocycles. The molecule has 0 spiro atoms. The second-order valence-corrected chi connectivity index (χ2v) is 6.99. The van der Waals surface area contributed by atoms with Crippen LogP contribution in [0.4, 0.5) is 5.13 Å². The van der Waals surface area contributed by atoms with E-state index >= 15 is 0 Å². The van der Waals surface area contributed by atoms with Crippen molar-refractivity contribution in [2.45, 2.75) is 13.3 Å². The Morgan fingerprint density at radius 1 is 1.15 bits per heavy atom. The number of rotatable bonds is 5. The van der Waals surface area contributed by atoms with Crippen LogP contribution in [0.1, 0.15) is 22.8 Å². The molecule has 0 unspecified atom stereocenters. The minimum absolute atomic E-state index is 0.218. The summed E-state index contributed by atoms with van der Waals surface area (Å²) in [4.78, 5) is 16.8. The molecule has 0 radical (unpaired) electrons. The molecule has 1 heterocycles. The number of anilines is 1. The lowest BCUT2D eigenvalue weighted by Gasteiger charge is -2.07. The summed E-state index contributed by atoms with van der Waals surface area (Å²) in [5, 5.41) is 8.40. The van der Waals surface area contributed by atoms with Gasteiger partial charge in [0.25, 0.3) is 5.91 Å².